The first-order valence-corrected chi connectivity index (χ1v) is 8.56. The Morgan fingerprint density at radius 3 is 2.70 bits per heavy atom. The van der Waals surface area contributed by atoms with E-state index in [1.807, 2.05) is 25.1 Å². The minimum absolute atomic E-state index is 0.00710. The lowest BCUT2D eigenvalue weighted by Gasteiger charge is -2.13. The van der Waals surface area contributed by atoms with Crippen molar-refractivity contribution >= 4 is 28.5 Å². The summed E-state index contributed by atoms with van der Waals surface area (Å²) >= 11 is 0. The van der Waals surface area contributed by atoms with Gasteiger partial charge in [-0.15, -0.1) is 0 Å². The Labute approximate surface area is 156 Å². The lowest BCUT2D eigenvalue weighted by atomic mass is 10.1. The lowest BCUT2D eigenvalue weighted by Crippen LogP contribution is -2.30. The molecule has 5 nitrogen and oxygen atoms in total. The van der Waals surface area contributed by atoms with Crippen LogP contribution in [0.2, 0.25) is 0 Å². The minimum Gasteiger partial charge on any atom is -0.464 e. The summed E-state index contributed by atoms with van der Waals surface area (Å²) in [6.07, 6.45) is 0.500. The van der Waals surface area contributed by atoms with E-state index >= 15 is 0 Å². The number of carbonyl (C=O) groups excluding carboxylic acids is 2. The van der Waals surface area contributed by atoms with Crippen LogP contribution in [0, 0.1) is 19.7 Å². The van der Waals surface area contributed by atoms with E-state index in [2.05, 4.69) is 5.32 Å². The molecular weight excluding hydrogens is 349 g/mol. The summed E-state index contributed by atoms with van der Waals surface area (Å²) in [5, 5.41) is 3.37. The summed E-state index contributed by atoms with van der Waals surface area (Å²) in [6.45, 7) is 5.05. The van der Waals surface area contributed by atoms with Gasteiger partial charge in [0, 0.05) is 16.6 Å². The van der Waals surface area contributed by atoms with E-state index in [4.69, 9.17) is 9.15 Å². The molecule has 0 saturated heterocycles. The zero-order chi connectivity index (χ0) is 19.6. The number of amides is 1. The van der Waals surface area contributed by atoms with Gasteiger partial charge in [-0.3, -0.25) is 9.59 Å². The second kappa shape index (κ2) is 7.61. The summed E-state index contributed by atoms with van der Waals surface area (Å²) in [5.74, 6) is -1.49. The van der Waals surface area contributed by atoms with Crippen molar-refractivity contribution in [3.05, 3.63) is 65.2 Å². The molecule has 0 bridgehead atoms. The highest BCUT2D eigenvalue weighted by Crippen LogP contribution is 2.23. The van der Waals surface area contributed by atoms with Crippen molar-refractivity contribution < 1.29 is 23.1 Å². The molecule has 3 aromatic rings. The van der Waals surface area contributed by atoms with Crippen molar-refractivity contribution in [3.8, 4) is 0 Å². The molecule has 1 amide bonds. The van der Waals surface area contributed by atoms with Crippen LogP contribution in [0.1, 0.15) is 23.6 Å². The fourth-order valence-electron chi connectivity index (χ4n) is 2.69. The first kappa shape index (κ1) is 18.6. The third-order valence-electron chi connectivity index (χ3n) is 4.26. The quantitative estimate of drug-likeness (QED) is 0.681. The molecule has 1 N–H and O–H groups in total. The highest BCUT2D eigenvalue weighted by atomic mass is 19.1. The third-order valence-corrected chi connectivity index (χ3v) is 4.26. The number of hydrogen-bond donors (Lipinski definition) is 1. The molecule has 1 heterocycles. The summed E-state index contributed by atoms with van der Waals surface area (Å²) in [7, 11) is 0. The molecule has 2 aromatic carbocycles. The summed E-state index contributed by atoms with van der Waals surface area (Å²) in [6, 6.07) is 10.1. The van der Waals surface area contributed by atoms with Gasteiger partial charge in [0.25, 0.3) is 5.91 Å². The highest BCUT2D eigenvalue weighted by Gasteiger charge is 2.20. The number of halogens is 1. The number of anilines is 1. The van der Waals surface area contributed by atoms with Crippen LogP contribution < -0.4 is 5.32 Å². The van der Waals surface area contributed by atoms with Gasteiger partial charge in [-0.05, 0) is 50.1 Å². The third kappa shape index (κ3) is 4.34. The molecule has 0 aliphatic heterocycles. The first-order chi connectivity index (χ1) is 12.8. The number of esters is 1. The zero-order valence-electron chi connectivity index (χ0n) is 15.3. The van der Waals surface area contributed by atoms with Crippen molar-refractivity contribution in [2.75, 3.05) is 5.32 Å². The number of ether oxygens (including phenoxy) is 1. The predicted molar refractivity (Wildman–Crippen MR) is 100.0 cm³/mol. The zero-order valence-corrected chi connectivity index (χ0v) is 15.3. The van der Waals surface area contributed by atoms with Crippen molar-refractivity contribution in [2.24, 2.45) is 0 Å². The molecule has 6 heteroatoms. The molecule has 0 spiro atoms. The van der Waals surface area contributed by atoms with Gasteiger partial charge in [0.15, 0.2) is 6.10 Å². The Morgan fingerprint density at radius 2 is 1.96 bits per heavy atom. The van der Waals surface area contributed by atoms with E-state index in [1.54, 1.807) is 19.1 Å². The van der Waals surface area contributed by atoms with Gasteiger partial charge in [0.2, 0.25) is 0 Å². The number of aryl methyl sites for hydroxylation is 2. The first-order valence-electron chi connectivity index (χ1n) is 8.56. The summed E-state index contributed by atoms with van der Waals surface area (Å²) < 4.78 is 24.2. The molecule has 140 valence electrons. The maximum absolute atomic E-state index is 13.6. The number of furan rings is 1. The average molecular weight is 369 g/mol. The largest absolute Gasteiger partial charge is 0.464 e. The van der Waals surface area contributed by atoms with E-state index in [9.17, 15) is 14.0 Å². The number of fused-ring (bicyclic) bond motifs is 1. The second-order valence-electron chi connectivity index (χ2n) is 6.52. The summed E-state index contributed by atoms with van der Waals surface area (Å²) in [4.78, 5) is 24.4. The van der Waals surface area contributed by atoms with E-state index < -0.39 is 23.8 Å². The maximum atomic E-state index is 13.6. The Hall–Kier alpha value is -3.15. The number of carbonyl (C=O) groups is 2. The van der Waals surface area contributed by atoms with Gasteiger partial charge in [-0.2, -0.15) is 0 Å². The molecule has 1 atom stereocenters. The molecule has 0 radical (unpaired) electrons. The average Bonchev–Trinajstić information content (AvgIpc) is 2.99. The Balaban J connectivity index is 1.60. The number of benzene rings is 2. The molecule has 0 saturated carbocycles. The second-order valence-corrected chi connectivity index (χ2v) is 6.52. The molecule has 27 heavy (non-hydrogen) atoms. The molecule has 0 unspecified atom stereocenters. The SMILES string of the molecule is Cc1ccc2c(CC(=O)O[C@H](C)C(=O)Nc3ccc(C)c(F)c3)coc2c1. The lowest BCUT2D eigenvalue weighted by molar-refractivity contribution is -0.152. The number of hydrogen-bond acceptors (Lipinski definition) is 4. The van der Waals surface area contributed by atoms with Gasteiger partial charge in [-0.1, -0.05) is 18.2 Å². The van der Waals surface area contributed by atoms with Gasteiger partial charge >= 0.3 is 5.97 Å². The van der Waals surface area contributed by atoms with Crippen LogP contribution in [0.15, 0.2) is 47.1 Å². The molecule has 0 fully saturated rings. The Morgan fingerprint density at radius 1 is 1.19 bits per heavy atom. The standard InChI is InChI=1S/C21H20FNO4/c1-12-4-7-17-15(11-26-19(17)8-12)9-20(24)27-14(3)21(25)23-16-6-5-13(2)18(22)10-16/h4-8,10-11,14H,9H2,1-3H3,(H,23,25)/t14-/m1/s1. The molecule has 0 aliphatic rings. The summed E-state index contributed by atoms with van der Waals surface area (Å²) in [5.41, 5.74) is 3.24. The van der Waals surface area contributed by atoms with Crippen LogP contribution in [0.5, 0.6) is 0 Å². The van der Waals surface area contributed by atoms with Crippen molar-refractivity contribution in [2.45, 2.75) is 33.3 Å². The van der Waals surface area contributed by atoms with E-state index in [-0.39, 0.29) is 6.42 Å². The van der Waals surface area contributed by atoms with Gasteiger partial charge in [-0.25, -0.2) is 4.39 Å². The van der Waals surface area contributed by atoms with Crippen molar-refractivity contribution in [1.29, 1.82) is 0 Å². The van der Waals surface area contributed by atoms with E-state index in [0.29, 0.717) is 22.4 Å². The topological polar surface area (TPSA) is 68.5 Å². The van der Waals surface area contributed by atoms with Gasteiger partial charge in [0.05, 0.1) is 12.7 Å². The smallest absolute Gasteiger partial charge is 0.311 e. The van der Waals surface area contributed by atoms with Crippen molar-refractivity contribution in [1.82, 2.24) is 0 Å². The molecular formula is C21H20FNO4. The minimum atomic E-state index is -1.01. The van der Waals surface area contributed by atoms with Crippen LogP contribution in [-0.2, 0) is 20.7 Å². The highest BCUT2D eigenvalue weighted by molar-refractivity contribution is 5.95. The predicted octanol–water partition coefficient (Wildman–Crippen LogP) is 4.30. The normalized spacial score (nSPS) is 12.0. The fraction of sp³-hybridized carbons (Fsp3) is 0.238. The van der Waals surface area contributed by atoms with Crippen LogP contribution in [0.4, 0.5) is 10.1 Å². The van der Waals surface area contributed by atoms with E-state index in [0.717, 1.165) is 10.9 Å². The fourth-order valence-corrected chi connectivity index (χ4v) is 2.69. The van der Waals surface area contributed by atoms with Crippen LogP contribution in [0.25, 0.3) is 11.0 Å². The number of nitrogens with one attached hydrogen (secondary N) is 1. The van der Waals surface area contributed by atoms with Crippen LogP contribution in [-0.4, -0.2) is 18.0 Å². The maximum Gasteiger partial charge on any atom is 0.311 e. The van der Waals surface area contributed by atoms with Crippen LogP contribution >= 0.6 is 0 Å². The monoisotopic (exact) mass is 369 g/mol. The number of rotatable bonds is 5. The van der Waals surface area contributed by atoms with Gasteiger partial charge < -0.3 is 14.5 Å². The molecule has 3 rings (SSSR count). The van der Waals surface area contributed by atoms with Crippen molar-refractivity contribution in [3.63, 3.8) is 0 Å². The van der Waals surface area contributed by atoms with Crippen LogP contribution in [0.3, 0.4) is 0 Å². The van der Waals surface area contributed by atoms with Gasteiger partial charge in [0.1, 0.15) is 11.4 Å². The Kier molecular flexibility index (Phi) is 5.26. The van der Waals surface area contributed by atoms with E-state index in [1.165, 1.54) is 19.3 Å². The molecule has 1 aromatic heterocycles. The Bertz CT molecular complexity index is 1010. The molecule has 0 aliphatic carbocycles.